The third kappa shape index (κ3) is 2.78. The Bertz CT molecular complexity index is 1300. The van der Waals surface area contributed by atoms with E-state index in [1.165, 1.54) is 32.5 Å². The molecule has 3 aromatic carbocycles. The summed E-state index contributed by atoms with van der Waals surface area (Å²) in [6.07, 6.45) is 2.03. The molecule has 0 radical (unpaired) electrons. The third-order valence-corrected chi connectivity index (χ3v) is 6.63. The zero-order chi connectivity index (χ0) is 19.2. The van der Waals surface area contributed by atoms with Gasteiger partial charge in [-0.2, -0.15) is 0 Å². The number of nitrogens with zero attached hydrogens (tertiary/aromatic N) is 1. The zero-order valence-corrected chi connectivity index (χ0v) is 16.6. The Hall–Kier alpha value is -3.30. The molecule has 2 aromatic heterocycles. The summed E-state index contributed by atoms with van der Waals surface area (Å²) in [5.74, 6) is 1.82. The van der Waals surface area contributed by atoms with E-state index in [1.54, 1.807) is 11.3 Å². The second kappa shape index (κ2) is 6.64. The lowest BCUT2D eigenvalue weighted by Crippen LogP contribution is -2.06. The minimum absolute atomic E-state index is 0.834. The number of rotatable bonds is 2. The van der Waals surface area contributed by atoms with Gasteiger partial charge in [-0.15, -0.1) is 11.3 Å². The Labute approximate surface area is 173 Å². The van der Waals surface area contributed by atoms with Crippen LogP contribution >= 0.6 is 11.3 Å². The van der Waals surface area contributed by atoms with Crippen LogP contribution in [0.2, 0.25) is 0 Å². The number of hydrogen-bond donors (Lipinski definition) is 0. The average molecular weight is 393 g/mol. The third-order valence-electron chi connectivity index (χ3n) is 5.58. The van der Waals surface area contributed by atoms with Gasteiger partial charge in [0.1, 0.15) is 0 Å². The summed E-state index contributed by atoms with van der Waals surface area (Å²) < 4.78 is 7.73. The van der Waals surface area contributed by atoms with Crippen LogP contribution in [0.1, 0.15) is 11.1 Å². The van der Waals surface area contributed by atoms with Gasteiger partial charge in [-0.1, -0.05) is 60.7 Å². The predicted octanol–water partition coefficient (Wildman–Crippen LogP) is 7.27. The smallest absolute Gasteiger partial charge is 0.228 e. The van der Waals surface area contributed by atoms with Crippen molar-refractivity contribution in [1.82, 2.24) is 4.98 Å². The number of hydrogen-bond acceptors (Lipinski definition) is 2. The van der Waals surface area contributed by atoms with Crippen LogP contribution < -0.4 is 0 Å². The number of fused-ring (bicyclic) bond motifs is 4. The molecule has 3 heteroatoms. The van der Waals surface area contributed by atoms with Gasteiger partial charge in [0.15, 0.2) is 0 Å². The van der Waals surface area contributed by atoms with Crippen molar-refractivity contribution >= 4 is 21.6 Å². The van der Waals surface area contributed by atoms with Crippen LogP contribution in [-0.4, -0.2) is 4.98 Å². The monoisotopic (exact) mass is 392 g/mol. The van der Waals surface area contributed by atoms with E-state index in [9.17, 15) is 0 Å². The Morgan fingerprint density at radius 1 is 0.759 bits per heavy atom. The number of benzene rings is 3. The molecular weight excluding hydrogens is 374 g/mol. The van der Waals surface area contributed by atoms with Crippen molar-refractivity contribution in [2.75, 3.05) is 0 Å². The van der Waals surface area contributed by atoms with Gasteiger partial charge < -0.3 is 0 Å². The second-order valence-electron chi connectivity index (χ2n) is 7.34. The molecule has 0 amide bonds. The van der Waals surface area contributed by atoms with Crippen LogP contribution in [-0.2, 0) is 12.8 Å². The molecule has 1 aliphatic rings. The van der Waals surface area contributed by atoms with E-state index in [4.69, 9.17) is 9.40 Å². The summed E-state index contributed by atoms with van der Waals surface area (Å²) in [4.78, 5) is 4.85. The molecule has 29 heavy (non-hydrogen) atoms. The van der Waals surface area contributed by atoms with E-state index in [1.807, 2.05) is 6.07 Å². The van der Waals surface area contributed by atoms with Crippen LogP contribution in [0.5, 0.6) is 0 Å². The lowest BCUT2D eigenvalue weighted by atomic mass is 9.85. The van der Waals surface area contributed by atoms with Crippen molar-refractivity contribution in [2.45, 2.75) is 12.8 Å². The fourth-order valence-electron chi connectivity index (χ4n) is 4.19. The Balaban J connectivity index is 1.64. The number of para-hydroxylation sites is 1. The molecule has 6 rings (SSSR count). The van der Waals surface area contributed by atoms with Crippen LogP contribution in [0.15, 0.2) is 89.3 Å². The first kappa shape index (κ1) is 16.6. The second-order valence-corrected chi connectivity index (χ2v) is 8.37. The first-order valence-corrected chi connectivity index (χ1v) is 10.7. The van der Waals surface area contributed by atoms with E-state index < -0.39 is 0 Å². The van der Waals surface area contributed by atoms with Crippen molar-refractivity contribution in [1.29, 1.82) is 0 Å². The SMILES string of the molecule is c1ccc(-c2cc(-c3nc4ccccc4s3)[o+]c3c2CCc2ccccc2-3)cc1. The first-order chi connectivity index (χ1) is 14.4. The lowest BCUT2D eigenvalue weighted by molar-refractivity contribution is 0.569. The highest BCUT2D eigenvalue weighted by molar-refractivity contribution is 7.21. The Morgan fingerprint density at radius 2 is 1.55 bits per heavy atom. The molecule has 0 bridgehead atoms. The Morgan fingerprint density at radius 3 is 2.45 bits per heavy atom. The largest absolute Gasteiger partial charge is 0.389 e. The van der Waals surface area contributed by atoms with Gasteiger partial charge in [-0.3, -0.25) is 0 Å². The highest BCUT2D eigenvalue weighted by Gasteiger charge is 2.32. The summed E-state index contributed by atoms with van der Waals surface area (Å²) >= 11 is 1.68. The molecule has 0 atom stereocenters. The Kier molecular flexibility index (Phi) is 3.81. The normalized spacial score (nSPS) is 12.6. The minimum atomic E-state index is 0.834. The zero-order valence-electron chi connectivity index (χ0n) is 15.8. The van der Waals surface area contributed by atoms with Crippen molar-refractivity contribution in [3.63, 3.8) is 0 Å². The highest BCUT2D eigenvalue weighted by atomic mass is 32.1. The molecule has 2 heterocycles. The predicted molar refractivity (Wildman–Crippen MR) is 120 cm³/mol. The van der Waals surface area contributed by atoms with Gasteiger partial charge in [0.25, 0.3) is 0 Å². The van der Waals surface area contributed by atoms with Crippen LogP contribution in [0.3, 0.4) is 0 Å². The van der Waals surface area contributed by atoms with E-state index >= 15 is 0 Å². The molecule has 0 saturated heterocycles. The maximum absolute atomic E-state index is 6.55. The van der Waals surface area contributed by atoms with Crippen molar-refractivity contribution in [3.05, 3.63) is 96.1 Å². The van der Waals surface area contributed by atoms with E-state index in [0.29, 0.717) is 0 Å². The topological polar surface area (TPSA) is 24.2 Å². The molecule has 0 aliphatic heterocycles. The molecule has 2 nitrogen and oxygen atoms in total. The first-order valence-electron chi connectivity index (χ1n) is 9.86. The molecule has 0 N–H and O–H groups in total. The molecule has 0 unspecified atom stereocenters. The van der Waals surface area contributed by atoms with Crippen molar-refractivity contribution in [3.8, 4) is 33.2 Å². The molecule has 5 aromatic rings. The maximum Gasteiger partial charge on any atom is 0.389 e. The van der Waals surface area contributed by atoms with Crippen molar-refractivity contribution < 1.29 is 4.42 Å². The van der Waals surface area contributed by atoms with Gasteiger partial charge in [0.05, 0.1) is 27.4 Å². The number of thiazole rings is 1. The van der Waals surface area contributed by atoms with Crippen LogP contribution in [0, 0.1) is 0 Å². The molecule has 138 valence electrons. The molecule has 0 saturated carbocycles. The van der Waals surface area contributed by atoms with Gasteiger partial charge in [0.2, 0.25) is 5.01 Å². The average Bonchev–Trinajstić information content (AvgIpc) is 3.23. The minimum Gasteiger partial charge on any atom is -0.228 e. The molecule has 0 spiro atoms. The fourth-order valence-corrected chi connectivity index (χ4v) is 5.10. The highest BCUT2D eigenvalue weighted by Crippen LogP contribution is 2.43. The van der Waals surface area contributed by atoms with E-state index in [2.05, 4.69) is 78.9 Å². The number of aromatic nitrogens is 1. The molecule has 0 fully saturated rings. The maximum atomic E-state index is 6.55. The van der Waals surface area contributed by atoms with Gasteiger partial charge in [-0.25, -0.2) is 9.40 Å². The fraction of sp³-hybridized carbons (Fsp3) is 0.0769. The molecule has 1 aliphatic carbocycles. The standard InChI is InChI=1S/C26H18NOS/c1-2-8-17(9-3-1)21-16-23(26-27-22-12-6-7-13-24(22)29-26)28-25-19-11-5-4-10-18(19)14-15-20(21)25/h1-13,16H,14-15H2/q+1. The summed E-state index contributed by atoms with van der Waals surface area (Å²) in [6, 6.07) is 29.6. The lowest BCUT2D eigenvalue weighted by Gasteiger charge is -2.16. The summed E-state index contributed by atoms with van der Waals surface area (Å²) in [5.41, 5.74) is 7.33. The van der Waals surface area contributed by atoms with Gasteiger partial charge in [0, 0.05) is 5.56 Å². The number of aryl methyl sites for hydroxylation is 1. The quantitative estimate of drug-likeness (QED) is 0.295. The van der Waals surface area contributed by atoms with E-state index in [-0.39, 0.29) is 0 Å². The van der Waals surface area contributed by atoms with Gasteiger partial charge in [-0.05, 0) is 42.2 Å². The van der Waals surface area contributed by atoms with E-state index in [0.717, 1.165) is 34.9 Å². The summed E-state index contributed by atoms with van der Waals surface area (Å²) in [7, 11) is 0. The summed E-state index contributed by atoms with van der Waals surface area (Å²) in [5, 5.41) is 0.925. The van der Waals surface area contributed by atoms with Crippen LogP contribution in [0.25, 0.3) is 43.4 Å². The summed E-state index contributed by atoms with van der Waals surface area (Å²) in [6.45, 7) is 0. The van der Waals surface area contributed by atoms with Gasteiger partial charge >= 0.3 is 11.5 Å². The molecular formula is C26H18NOS+. The van der Waals surface area contributed by atoms with Crippen LogP contribution in [0.4, 0.5) is 0 Å². The van der Waals surface area contributed by atoms with Crippen molar-refractivity contribution in [2.24, 2.45) is 0 Å².